The monoisotopic (exact) mass is 428 g/mol. The fourth-order valence-corrected chi connectivity index (χ4v) is 5.86. The Balaban J connectivity index is 1.50. The lowest BCUT2D eigenvalue weighted by atomic mass is 9.93. The lowest BCUT2D eigenvalue weighted by Crippen LogP contribution is -2.39. The average molecular weight is 429 g/mol. The molecular formula is C24H32N2O3S. The van der Waals surface area contributed by atoms with Gasteiger partial charge in [-0.05, 0) is 76.1 Å². The van der Waals surface area contributed by atoms with E-state index in [1.807, 2.05) is 69.0 Å². The molecule has 2 aromatic rings. The molecule has 0 unspecified atom stereocenters. The normalized spacial score (nSPS) is 15.4. The highest BCUT2D eigenvalue weighted by molar-refractivity contribution is 7.89. The van der Waals surface area contributed by atoms with Crippen molar-refractivity contribution < 1.29 is 13.2 Å². The highest BCUT2D eigenvalue weighted by Crippen LogP contribution is 2.24. The van der Waals surface area contributed by atoms with Crippen molar-refractivity contribution in [2.24, 2.45) is 5.92 Å². The van der Waals surface area contributed by atoms with Gasteiger partial charge in [-0.2, -0.15) is 0 Å². The zero-order valence-electron chi connectivity index (χ0n) is 18.4. The zero-order chi connectivity index (χ0) is 21.9. The van der Waals surface area contributed by atoms with Gasteiger partial charge in [-0.25, -0.2) is 13.1 Å². The molecule has 0 saturated carbocycles. The maximum absolute atomic E-state index is 12.8. The van der Waals surface area contributed by atoms with Crippen LogP contribution in [-0.2, 0) is 10.0 Å². The van der Waals surface area contributed by atoms with Gasteiger partial charge in [-0.1, -0.05) is 35.4 Å². The van der Waals surface area contributed by atoms with Gasteiger partial charge in [0, 0.05) is 25.2 Å². The summed E-state index contributed by atoms with van der Waals surface area (Å²) in [6.07, 6.45) is 2.60. The maximum atomic E-state index is 12.8. The van der Waals surface area contributed by atoms with Crippen LogP contribution >= 0.6 is 0 Å². The van der Waals surface area contributed by atoms with E-state index in [4.69, 9.17) is 0 Å². The molecule has 1 saturated heterocycles. The summed E-state index contributed by atoms with van der Waals surface area (Å²) in [5.41, 5.74) is 4.50. The third-order valence-corrected chi connectivity index (χ3v) is 7.68. The van der Waals surface area contributed by atoms with Crippen LogP contribution in [0.4, 0.5) is 0 Å². The van der Waals surface area contributed by atoms with Crippen LogP contribution in [0.2, 0.25) is 0 Å². The minimum Gasteiger partial charge on any atom is -0.339 e. The Morgan fingerprint density at radius 3 is 2.10 bits per heavy atom. The van der Waals surface area contributed by atoms with Gasteiger partial charge in [0.05, 0.1) is 4.90 Å². The van der Waals surface area contributed by atoms with E-state index in [0.29, 0.717) is 17.4 Å². The number of hydrogen-bond acceptors (Lipinski definition) is 3. The van der Waals surface area contributed by atoms with E-state index in [-0.39, 0.29) is 5.91 Å². The van der Waals surface area contributed by atoms with Gasteiger partial charge in [0.25, 0.3) is 5.91 Å². The second-order valence-electron chi connectivity index (χ2n) is 8.52. The minimum absolute atomic E-state index is 0.0828. The van der Waals surface area contributed by atoms with Crippen LogP contribution in [0, 0.1) is 33.6 Å². The van der Waals surface area contributed by atoms with E-state index in [1.165, 1.54) is 0 Å². The van der Waals surface area contributed by atoms with Crippen LogP contribution in [0.25, 0.3) is 0 Å². The molecule has 1 fully saturated rings. The number of carbonyl (C=O) groups is 1. The first-order valence-corrected chi connectivity index (χ1v) is 12.1. The van der Waals surface area contributed by atoms with Crippen LogP contribution in [0.3, 0.4) is 0 Å². The lowest BCUT2D eigenvalue weighted by molar-refractivity contribution is 0.0687. The summed E-state index contributed by atoms with van der Waals surface area (Å²) < 4.78 is 28.4. The number of piperidine rings is 1. The second-order valence-corrected chi connectivity index (χ2v) is 10.2. The number of nitrogens with one attached hydrogen (secondary N) is 1. The molecule has 162 valence electrons. The molecule has 3 rings (SSSR count). The van der Waals surface area contributed by atoms with Gasteiger partial charge in [-0.3, -0.25) is 4.79 Å². The summed E-state index contributed by atoms with van der Waals surface area (Å²) in [6, 6.07) is 11.5. The average Bonchev–Trinajstić information content (AvgIpc) is 2.67. The Morgan fingerprint density at radius 2 is 1.53 bits per heavy atom. The number of sulfonamides is 1. The lowest BCUT2D eigenvalue weighted by Gasteiger charge is -2.32. The molecule has 5 nitrogen and oxygen atoms in total. The van der Waals surface area contributed by atoms with Gasteiger partial charge >= 0.3 is 0 Å². The first-order chi connectivity index (χ1) is 14.2. The number of likely N-dealkylation sites (tertiary alicyclic amines) is 1. The van der Waals surface area contributed by atoms with Crippen molar-refractivity contribution in [3.63, 3.8) is 0 Å². The molecule has 0 bridgehead atoms. The van der Waals surface area contributed by atoms with Crippen molar-refractivity contribution in [1.29, 1.82) is 0 Å². The molecule has 1 N–H and O–H groups in total. The molecule has 0 spiro atoms. The highest BCUT2D eigenvalue weighted by atomic mass is 32.2. The number of carbonyl (C=O) groups excluding carboxylic acids is 1. The van der Waals surface area contributed by atoms with Crippen LogP contribution in [-0.4, -0.2) is 38.9 Å². The zero-order valence-corrected chi connectivity index (χ0v) is 19.2. The molecule has 0 aromatic heterocycles. The highest BCUT2D eigenvalue weighted by Gasteiger charge is 2.25. The first-order valence-electron chi connectivity index (χ1n) is 10.6. The second kappa shape index (κ2) is 9.31. The predicted octanol–water partition coefficient (Wildman–Crippen LogP) is 4.14. The van der Waals surface area contributed by atoms with Crippen molar-refractivity contribution in [1.82, 2.24) is 9.62 Å². The molecule has 0 aliphatic carbocycles. The van der Waals surface area contributed by atoms with Gasteiger partial charge in [0.1, 0.15) is 0 Å². The van der Waals surface area contributed by atoms with E-state index in [1.54, 1.807) is 0 Å². The molecule has 2 aromatic carbocycles. The predicted molar refractivity (Wildman–Crippen MR) is 120 cm³/mol. The number of nitrogens with zero attached hydrogens (tertiary/aromatic N) is 1. The van der Waals surface area contributed by atoms with E-state index in [2.05, 4.69) is 4.72 Å². The topological polar surface area (TPSA) is 66.5 Å². The van der Waals surface area contributed by atoms with Crippen LogP contribution in [0.15, 0.2) is 41.3 Å². The number of rotatable bonds is 6. The van der Waals surface area contributed by atoms with Crippen LogP contribution in [0.5, 0.6) is 0 Å². The third-order valence-electron chi connectivity index (χ3n) is 5.92. The molecule has 1 aliphatic rings. The fraction of sp³-hybridized carbons (Fsp3) is 0.458. The SMILES string of the molecule is Cc1ccc(C(=O)N2CCC(CCNS(=O)(=O)c3c(C)cc(C)cc3C)CC2)cc1. The largest absolute Gasteiger partial charge is 0.339 e. The quantitative estimate of drug-likeness (QED) is 0.752. The van der Waals surface area contributed by atoms with E-state index >= 15 is 0 Å². The maximum Gasteiger partial charge on any atom is 0.253 e. The molecule has 1 aliphatic heterocycles. The summed E-state index contributed by atoms with van der Waals surface area (Å²) in [7, 11) is -3.52. The van der Waals surface area contributed by atoms with E-state index < -0.39 is 10.0 Å². The smallest absolute Gasteiger partial charge is 0.253 e. The summed E-state index contributed by atoms with van der Waals surface area (Å²) in [6.45, 7) is 9.53. The van der Waals surface area contributed by atoms with Crippen molar-refractivity contribution >= 4 is 15.9 Å². The van der Waals surface area contributed by atoms with E-state index in [0.717, 1.165) is 60.2 Å². The minimum atomic E-state index is -3.52. The Morgan fingerprint density at radius 1 is 0.967 bits per heavy atom. The number of aryl methyl sites for hydroxylation is 4. The van der Waals surface area contributed by atoms with Gasteiger partial charge in [0.15, 0.2) is 0 Å². The van der Waals surface area contributed by atoms with Crippen LogP contribution < -0.4 is 4.72 Å². The third kappa shape index (κ3) is 5.29. The van der Waals surface area contributed by atoms with Crippen molar-refractivity contribution in [2.75, 3.05) is 19.6 Å². The van der Waals surface area contributed by atoms with Crippen molar-refractivity contribution in [3.8, 4) is 0 Å². The van der Waals surface area contributed by atoms with E-state index in [9.17, 15) is 13.2 Å². The molecule has 0 radical (unpaired) electrons. The summed E-state index contributed by atoms with van der Waals surface area (Å²) >= 11 is 0. The summed E-state index contributed by atoms with van der Waals surface area (Å²) in [5.74, 6) is 0.509. The Bertz CT molecular complexity index is 982. The first kappa shape index (κ1) is 22.5. The number of benzene rings is 2. The Labute approximate surface area is 180 Å². The Kier molecular flexibility index (Phi) is 6.98. The van der Waals surface area contributed by atoms with Gasteiger partial charge in [0.2, 0.25) is 10.0 Å². The summed E-state index contributed by atoms with van der Waals surface area (Å²) in [4.78, 5) is 14.9. The number of amides is 1. The van der Waals surface area contributed by atoms with Crippen LogP contribution in [0.1, 0.15) is 51.9 Å². The fourth-order valence-electron chi connectivity index (χ4n) is 4.36. The molecular weight excluding hydrogens is 396 g/mol. The van der Waals surface area contributed by atoms with Crippen molar-refractivity contribution in [2.45, 2.75) is 51.9 Å². The molecule has 30 heavy (non-hydrogen) atoms. The molecule has 0 atom stereocenters. The standard InChI is InChI=1S/C24H32N2O3S/c1-17-5-7-22(8-6-17)24(27)26-13-10-21(11-14-26)9-12-25-30(28,29)23-19(3)15-18(2)16-20(23)4/h5-8,15-16,21,25H,9-14H2,1-4H3. The van der Waals surface area contributed by atoms with Gasteiger partial charge < -0.3 is 4.90 Å². The number of hydrogen-bond donors (Lipinski definition) is 1. The summed E-state index contributed by atoms with van der Waals surface area (Å²) in [5, 5.41) is 0. The molecule has 1 heterocycles. The van der Waals surface area contributed by atoms with Crippen molar-refractivity contribution in [3.05, 3.63) is 64.2 Å². The molecule has 1 amide bonds. The van der Waals surface area contributed by atoms with Gasteiger partial charge in [-0.15, -0.1) is 0 Å². The molecule has 6 heteroatoms. The Hall–Kier alpha value is -2.18.